The number of ether oxygens (including phenoxy) is 1. The lowest BCUT2D eigenvalue weighted by Crippen LogP contribution is -2.23. The summed E-state index contributed by atoms with van der Waals surface area (Å²) in [6.07, 6.45) is 3.91. The molecule has 1 heterocycles. The van der Waals surface area contributed by atoms with E-state index in [1.165, 1.54) is 5.56 Å². The third-order valence-corrected chi connectivity index (χ3v) is 2.09. The predicted molar refractivity (Wildman–Crippen MR) is 59.4 cm³/mol. The van der Waals surface area contributed by atoms with Gasteiger partial charge in [0.1, 0.15) is 0 Å². The van der Waals surface area contributed by atoms with Crippen LogP contribution in [0.5, 0.6) is 0 Å². The molecule has 15 heavy (non-hydrogen) atoms. The fourth-order valence-electron chi connectivity index (χ4n) is 1.35. The fraction of sp³-hybridized carbons (Fsp3) is 0.700. The van der Waals surface area contributed by atoms with Gasteiger partial charge in [-0.3, -0.25) is 9.58 Å². The second-order valence-corrected chi connectivity index (χ2v) is 3.66. The Kier molecular flexibility index (Phi) is 5.31. The van der Waals surface area contributed by atoms with Gasteiger partial charge < -0.3 is 10.5 Å². The third kappa shape index (κ3) is 4.92. The number of aromatic nitrogens is 2. The third-order valence-electron chi connectivity index (χ3n) is 2.09. The van der Waals surface area contributed by atoms with Gasteiger partial charge in [-0.1, -0.05) is 0 Å². The minimum Gasteiger partial charge on any atom is -0.379 e. The zero-order chi connectivity index (χ0) is 11.1. The van der Waals surface area contributed by atoms with Crippen molar-refractivity contribution >= 4 is 0 Å². The zero-order valence-electron chi connectivity index (χ0n) is 9.52. The highest BCUT2D eigenvalue weighted by atomic mass is 16.5. The van der Waals surface area contributed by atoms with Crippen LogP contribution in [0.2, 0.25) is 0 Å². The average Bonchev–Trinajstić information content (AvgIpc) is 2.59. The average molecular weight is 212 g/mol. The van der Waals surface area contributed by atoms with Gasteiger partial charge >= 0.3 is 0 Å². The van der Waals surface area contributed by atoms with Gasteiger partial charge in [0.15, 0.2) is 0 Å². The van der Waals surface area contributed by atoms with Gasteiger partial charge in [-0.25, -0.2) is 0 Å². The Labute approximate surface area is 90.8 Å². The van der Waals surface area contributed by atoms with Crippen LogP contribution < -0.4 is 5.73 Å². The Balaban J connectivity index is 2.15. The van der Waals surface area contributed by atoms with Crippen LogP contribution in [0.25, 0.3) is 0 Å². The molecule has 1 rings (SSSR count). The minimum absolute atomic E-state index is 0.590. The van der Waals surface area contributed by atoms with Crippen molar-refractivity contribution in [3.8, 4) is 0 Å². The Morgan fingerprint density at radius 3 is 2.93 bits per heavy atom. The molecule has 0 bridgehead atoms. The van der Waals surface area contributed by atoms with Crippen molar-refractivity contribution in [2.45, 2.75) is 6.54 Å². The molecule has 0 aliphatic carbocycles. The first-order valence-electron chi connectivity index (χ1n) is 5.16. The van der Waals surface area contributed by atoms with E-state index < -0.39 is 0 Å². The van der Waals surface area contributed by atoms with Gasteiger partial charge in [-0.05, 0) is 7.05 Å². The van der Waals surface area contributed by atoms with E-state index in [9.17, 15) is 0 Å². The molecule has 5 nitrogen and oxygen atoms in total. The maximum atomic E-state index is 5.32. The lowest BCUT2D eigenvalue weighted by atomic mass is 10.3. The van der Waals surface area contributed by atoms with Crippen LogP contribution in [0.4, 0.5) is 0 Å². The first kappa shape index (κ1) is 12.2. The monoisotopic (exact) mass is 212 g/mol. The highest BCUT2D eigenvalue weighted by Gasteiger charge is 2.01. The molecule has 0 amide bonds. The standard InChI is InChI=1S/C10H20N4O/c1-13(4-6-15-5-3-11)8-10-7-12-14(2)9-10/h7,9H,3-6,8,11H2,1-2H3. The van der Waals surface area contributed by atoms with Gasteiger partial charge in [-0.15, -0.1) is 0 Å². The topological polar surface area (TPSA) is 56.3 Å². The molecule has 0 spiro atoms. The number of nitrogens with two attached hydrogens (primary N) is 1. The molecule has 86 valence electrons. The van der Waals surface area contributed by atoms with Gasteiger partial charge in [-0.2, -0.15) is 5.10 Å². The molecule has 1 aromatic heterocycles. The molecule has 5 heteroatoms. The Morgan fingerprint density at radius 1 is 1.53 bits per heavy atom. The van der Waals surface area contributed by atoms with E-state index in [1.807, 2.05) is 24.1 Å². The van der Waals surface area contributed by atoms with Crippen LogP contribution >= 0.6 is 0 Å². The second kappa shape index (κ2) is 6.55. The van der Waals surface area contributed by atoms with Crippen LogP contribution in [0.15, 0.2) is 12.4 Å². The lowest BCUT2D eigenvalue weighted by molar-refractivity contribution is 0.115. The van der Waals surface area contributed by atoms with Crippen molar-refractivity contribution in [3.05, 3.63) is 18.0 Å². The Hall–Kier alpha value is -0.910. The number of likely N-dealkylation sites (N-methyl/N-ethyl adjacent to an activating group) is 1. The molecule has 0 aliphatic rings. The SMILES string of the molecule is CN(CCOCCN)Cc1cnn(C)c1. The molecular weight excluding hydrogens is 192 g/mol. The van der Waals surface area contributed by atoms with Crippen molar-refractivity contribution in [3.63, 3.8) is 0 Å². The van der Waals surface area contributed by atoms with Crippen molar-refractivity contribution < 1.29 is 4.74 Å². The van der Waals surface area contributed by atoms with Crippen LogP contribution in [-0.4, -0.2) is 48.0 Å². The maximum absolute atomic E-state index is 5.32. The van der Waals surface area contributed by atoms with Crippen LogP contribution in [0.3, 0.4) is 0 Å². The molecule has 0 saturated heterocycles. The second-order valence-electron chi connectivity index (χ2n) is 3.66. The molecule has 0 fully saturated rings. The maximum Gasteiger partial charge on any atom is 0.0594 e. The van der Waals surface area contributed by atoms with Crippen LogP contribution in [0.1, 0.15) is 5.56 Å². The molecule has 0 aromatic carbocycles. The highest BCUT2D eigenvalue weighted by molar-refractivity contribution is 5.02. The number of nitrogens with zero attached hydrogens (tertiary/aromatic N) is 3. The molecule has 0 aliphatic heterocycles. The van der Waals surface area contributed by atoms with E-state index in [0.717, 1.165) is 19.7 Å². The van der Waals surface area contributed by atoms with E-state index in [1.54, 1.807) is 0 Å². The van der Waals surface area contributed by atoms with Gasteiger partial charge in [0.05, 0.1) is 19.4 Å². The first-order valence-corrected chi connectivity index (χ1v) is 5.16. The summed E-state index contributed by atoms with van der Waals surface area (Å²) < 4.78 is 7.12. The molecule has 0 saturated carbocycles. The molecule has 1 aromatic rings. The minimum atomic E-state index is 0.590. The number of hydrogen-bond donors (Lipinski definition) is 1. The summed E-state index contributed by atoms with van der Waals surface area (Å²) >= 11 is 0. The molecule has 2 N–H and O–H groups in total. The summed E-state index contributed by atoms with van der Waals surface area (Å²) in [5.74, 6) is 0. The van der Waals surface area contributed by atoms with Crippen LogP contribution in [-0.2, 0) is 18.3 Å². The van der Waals surface area contributed by atoms with E-state index in [-0.39, 0.29) is 0 Å². The number of rotatable bonds is 7. The summed E-state index contributed by atoms with van der Waals surface area (Å²) in [4.78, 5) is 2.20. The fourth-order valence-corrected chi connectivity index (χ4v) is 1.35. The molecule has 0 atom stereocenters. The summed E-state index contributed by atoms with van der Waals surface area (Å²) in [5, 5.41) is 4.12. The largest absolute Gasteiger partial charge is 0.379 e. The van der Waals surface area contributed by atoms with E-state index in [0.29, 0.717) is 13.2 Å². The van der Waals surface area contributed by atoms with E-state index >= 15 is 0 Å². The van der Waals surface area contributed by atoms with Crippen molar-refractivity contribution in [1.82, 2.24) is 14.7 Å². The van der Waals surface area contributed by atoms with E-state index in [2.05, 4.69) is 17.0 Å². The summed E-state index contributed by atoms with van der Waals surface area (Å²) in [6.45, 7) is 3.77. The summed E-state index contributed by atoms with van der Waals surface area (Å²) in [6, 6.07) is 0. The Bertz CT molecular complexity index is 274. The van der Waals surface area contributed by atoms with Crippen LogP contribution in [0, 0.1) is 0 Å². The number of aryl methyl sites for hydroxylation is 1. The van der Waals surface area contributed by atoms with Crippen molar-refractivity contribution in [2.75, 3.05) is 33.4 Å². The zero-order valence-corrected chi connectivity index (χ0v) is 9.52. The van der Waals surface area contributed by atoms with Gasteiger partial charge in [0, 0.05) is 38.4 Å². The van der Waals surface area contributed by atoms with Crippen molar-refractivity contribution in [2.24, 2.45) is 12.8 Å². The highest BCUT2D eigenvalue weighted by Crippen LogP contribution is 2.00. The van der Waals surface area contributed by atoms with E-state index in [4.69, 9.17) is 10.5 Å². The normalized spacial score (nSPS) is 11.2. The summed E-state index contributed by atoms with van der Waals surface area (Å²) in [5.41, 5.74) is 6.54. The first-order chi connectivity index (χ1) is 7.22. The van der Waals surface area contributed by atoms with Crippen molar-refractivity contribution in [1.29, 1.82) is 0 Å². The summed E-state index contributed by atoms with van der Waals surface area (Å²) in [7, 11) is 3.99. The predicted octanol–water partition coefficient (Wildman–Crippen LogP) is -0.173. The van der Waals surface area contributed by atoms with Gasteiger partial charge in [0.25, 0.3) is 0 Å². The Morgan fingerprint density at radius 2 is 2.33 bits per heavy atom. The molecule has 0 unspecified atom stereocenters. The smallest absolute Gasteiger partial charge is 0.0594 e. The van der Waals surface area contributed by atoms with Gasteiger partial charge in [0.2, 0.25) is 0 Å². The lowest BCUT2D eigenvalue weighted by Gasteiger charge is -2.15. The molecule has 0 radical (unpaired) electrons. The quantitative estimate of drug-likeness (QED) is 0.637. The number of hydrogen-bond acceptors (Lipinski definition) is 4. The molecular formula is C10H20N4O.